The Labute approximate surface area is 120 Å². The van der Waals surface area contributed by atoms with Crippen molar-refractivity contribution >= 4 is 0 Å². The van der Waals surface area contributed by atoms with Crippen LogP contribution in [0.2, 0.25) is 0 Å². The van der Waals surface area contributed by atoms with Gasteiger partial charge in [-0.05, 0) is 40.2 Å². The maximum absolute atomic E-state index is 6.03. The van der Waals surface area contributed by atoms with Crippen LogP contribution in [0.5, 0.6) is 0 Å². The zero-order chi connectivity index (χ0) is 14.9. The van der Waals surface area contributed by atoms with Crippen LogP contribution < -0.4 is 5.73 Å². The Morgan fingerprint density at radius 3 is 2.40 bits per heavy atom. The van der Waals surface area contributed by atoms with Gasteiger partial charge in [-0.15, -0.1) is 0 Å². The van der Waals surface area contributed by atoms with Gasteiger partial charge in [0, 0.05) is 23.8 Å². The molecule has 1 unspecified atom stereocenters. The Morgan fingerprint density at radius 2 is 1.90 bits per heavy atom. The number of nitrogens with zero attached hydrogens (tertiary/aromatic N) is 4. The molecule has 0 aliphatic rings. The van der Waals surface area contributed by atoms with Gasteiger partial charge in [-0.1, -0.05) is 6.92 Å². The highest BCUT2D eigenvalue weighted by Crippen LogP contribution is 2.20. The van der Waals surface area contributed by atoms with Crippen LogP contribution in [0.25, 0.3) is 0 Å². The molecule has 2 N–H and O–H groups in total. The Bertz CT molecular complexity index is 592. The zero-order valence-corrected chi connectivity index (χ0v) is 13.1. The number of nitrogens with two attached hydrogens (primary N) is 1. The minimum absolute atomic E-state index is 0.0195. The van der Waals surface area contributed by atoms with E-state index in [0.717, 1.165) is 42.2 Å². The van der Waals surface area contributed by atoms with Crippen molar-refractivity contribution in [2.24, 2.45) is 5.73 Å². The van der Waals surface area contributed by atoms with Gasteiger partial charge < -0.3 is 5.73 Å². The van der Waals surface area contributed by atoms with Crippen molar-refractivity contribution in [1.82, 2.24) is 19.6 Å². The summed E-state index contributed by atoms with van der Waals surface area (Å²) >= 11 is 0. The second-order valence-electron chi connectivity index (χ2n) is 5.33. The predicted molar refractivity (Wildman–Crippen MR) is 80.7 cm³/mol. The lowest BCUT2D eigenvalue weighted by molar-refractivity contribution is 0.565. The molecule has 5 nitrogen and oxygen atoms in total. The standard InChI is InChI=1S/C15H25N5/c1-6-13-8-14(19(7-2)18-13)9-20-12(5)15(10(3)16)11(4)17-20/h8,10H,6-7,9,16H2,1-5H3. The Morgan fingerprint density at radius 1 is 1.20 bits per heavy atom. The van der Waals surface area contributed by atoms with E-state index in [1.807, 2.05) is 18.5 Å². The molecule has 2 rings (SSSR count). The molecule has 2 aromatic heterocycles. The van der Waals surface area contributed by atoms with Crippen LogP contribution in [0.3, 0.4) is 0 Å². The van der Waals surface area contributed by atoms with Gasteiger partial charge in [-0.25, -0.2) is 0 Å². The smallest absolute Gasteiger partial charge is 0.0831 e. The maximum Gasteiger partial charge on any atom is 0.0831 e. The third-order valence-electron chi connectivity index (χ3n) is 3.78. The summed E-state index contributed by atoms with van der Waals surface area (Å²) in [4.78, 5) is 0. The van der Waals surface area contributed by atoms with Gasteiger partial charge >= 0.3 is 0 Å². The molecule has 0 saturated heterocycles. The third-order valence-corrected chi connectivity index (χ3v) is 3.78. The predicted octanol–water partition coefficient (Wildman–Crippen LogP) is 2.35. The van der Waals surface area contributed by atoms with Gasteiger partial charge in [0.2, 0.25) is 0 Å². The first-order valence-electron chi connectivity index (χ1n) is 7.32. The monoisotopic (exact) mass is 275 g/mol. The number of hydrogen-bond acceptors (Lipinski definition) is 3. The van der Waals surface area contributed by atoms with Gasteiger partial charge in [-0.3, -0.25) is 9.36 Å². The van der Waals surface area contributed by atoms with Crippen LogP contribution in [0.15, 0.2) is 6.07 Å². The van der Waals surface area contributed by atoms with Crippen molar-refractivity contribution < 1.29 is 0 Å². The molecule has 0 bridgehead atoms. The number of aryl methyl sites for hydroxylation is 3. The number of rotatable bonds is 5. The fraction of sp³-hybridized carbons (Fsp3) is 0.600. The Balaban J connectivity index is 2.35. The number of hydrogen-bond donors (Lipinski definition) is 1. The molecule has 2 heterocycles. The van der Waals surface area contributed by atoms with E-state index in [-0.39, 0.29) is 6.04 Å². The van der Waals surface area contributed by atoms with Gasteiger partial charge in [0.25, 0.3) is 0 Å². The van der Waals surface area contributed by atoms with E-state index >= 15 is 0 Å². The largest absolute Gasteiger partial charge is 0.324 e. The molecule has 110 valence electrons. The lowest BCUT2D eigenvalue weighted by atomic mass is 10.1. The lowest BCUT2D eigenvalue weighted by Gasteiger charge is -2.08. The second-order valence-corrected chi connectivity index (χ2v) is 5.33. The quantitative estimate of drug-likeness (QED) is 0.911. The van der Waals surface area contributed by atoms with Crippen LogP contribution >= 0.6 is 0 Å². The van der Waals surface area contributed by atoms with Gasteiger partial charge in [-0.2, -0.15) is 10.2 Å². The summed E-state index contributed by atoms with van der Waals surface area (Å²) in [5.41, 5.74) is 11.7. The molecular weight excluding hydrogens is 250 g/mol. The third kappa shape index (κ3) is 2.63. The van der Waals surface area contributed by atoms with E-state index in [1.165, 1.54) is 5.69 Å². The highest BCUT2D eigenvalue weighted by Gasteiger charge is 2.16. The normalized spacial score (nSPS) is 12.9. The van der Waals surface area contributed by atoms with Crippen LogP contribution in [0.4, 0.5) is 0 Å². The first-order valence-corrected chi connectivity index (χ1v) is 7.32. The van der Waals surface area contributed by atoms with E-state index in [2.05, 4.69) is 41.7 Å². The van der Waals surface area contributed by atoms with Crippen LogP contribution in [-0.4, -0.2) is 19.6 Å². The van der Waals surface area contributed by atoms with Crippen LogP contribution in [-0.2, 0) is 19.5 Å². The molecule has 0 aliphatic carbocycles. The molecule has 0 aliphatic heterocycles. The van der Waals surface area contributed by atoms with Crippen LogP contribution in [0, 0.1) is 13.8 Å². The Kier molecular flexibility index (Phi) is 4.28. The molecule has 20 heavy (non-hydrogen) atoms. The highest BCUT2D eigenvalue weighted by atomic mass is 15.3. The minimum Gasteiger partial charge on any atom is -0.324 e. The summed E-state index contributed by atoms with van der Waals surface area (Å²) in [6, 6.07) is 2.19. The fourth-order valence-electron chi connectivity index (χ4n) is 2.77. The van der Waals surface area contributed by atoms with Gasteiger partial charge in [0.05, 0.1) is 23.6 Å². The van der Waals surface area contributed by atoms with E-state index in [1.54, 1.807) is 0 Å². The van der Waals surface area contributed by atoms with Crippen molar-refractivity contribution in [3.8, 4) is 0 Å². The van der Waals surface area contributed by atoms with Gasteiger partial charge in [0.1, 0.15) is 0 Å². The van der Waals surface area contributed by atoms with Crippen molar-refractivity contribution in [1.29, 1.82) is 0 Å². The van der Waals surface area contributed by atoms with Gasteiger partial charge in [0.15, 0.2) is 0 Å². The summed E-state index contributed by atoms with van der Waals surface area (Å²) < 4.78 is 4.09. The molecule has 1 atom stereocenters. The van der Waals surface area contributed by atoms with Crippen molar-refractivity contribution in [2.45, 2.75) is 60.2 Å². The summed E-state index contributed by atoms with van der Waals surface area (Å²) in [5.74, 6) is 0. The maximum atomic E-state index is 6.03. The van der Waals surface area contributed by atoms with Crippen LogP contribution in [0.1, 0.15) is 55.2 Å². The molecule has 0 fully saturated rings. The molecule has 2 aromatic rings. The lowest BCUT2D eigenvalue weighted by Crippen LogP contribution is -2.11. The molecular formula is C15H25N5. The molecule has 0 spiro atoms. The van der Waals surface area contributed by atoms with E-state index < -0.39 is 0 Å². The summed E-state index contributed by atoms with van der Waals surface area (Å²) in [6.45, 7) is 12.0. The topological polar surface area (TPSA) is 61.7 Å². The fourth-order valence-corrected chi connectivity index (χ4v) is 2.77. The minimum atomic E-state index is 0.0195. The van der Waals surface area contributed by atoms with Crippen molar-refractivity contribution in [3.63, 3.8) is 0 Å². The molecule has 0 saturated carbocycles. The van der Waals surface area contributed by atoms with E-state index in [0.29, 0.717) is 0 Å². The number of aromatic nitrogens is 4. The Hall–Kier alpha value is -1.62. The average Bonchev–Trinajstić information content (AvgIpc) is 2.91. The first-order chi connectivity index (χ1) is 9.47. The summed E-state index contributed by atoms with van der Waals surface area (Å²) in [5, 5.41) is 9.22. The van der Waals surface area contributed by atoms with E-state index in [4.69, 9.17) is 5.73 Å². The van der Waals surface area contributed by atoms with E-state index in [9.17, 15) is 0 Å². The second kappa shape index (κ2) is 5.79. The molecule has 0 aromatic carbocycles. The highest BCUT2D eigenvalue weighted by molar-refractivity contribution is 5.28. The molecule has 0 radical (unpaired) electrons. The molecule has 0 amide bonds. The van der Waals surface area contributed by atoms with Crippen molar-refractivity contribution in [2.75, 3.05) is 0 Å². The summed E-state index contributed by atoms with van der Waals surface area (Å²) in [7, 11) is 0. The van der Waals surface area contributed by atoms with Crippen molar-refractivity contribution in [3.05, 3.63) is 34.4 Å². The first kappa shape index (κ1) is 14.8. The molecule has 5 heteroatoms. The average molecular weight is 275 g/mol. The summed E-state index contributed by atoms with van der Waals surface area (Å²) in [6.07, 6.45) is 0.961. The SMILES string of the molecule is CCc1cc(Cn2nc(C)c(C(C)N)c2C)n(CC)n1. The zero-order valence-electron chi connectivity index (χ0n) is 13.1.